The van der Waals surface area contributed by atoms with Crippen LogP contribution in [0.4, 0.5) is 0 Å². The molecule has 1 aliphatic heterocycles. The van der Waals surface area contributed by atoms with Gasteiger partial charge in [0.15, 0.2) is 0 Å². The standard InChI is InChI=1S/C14H18BrNO3/c1-9-7-16(8-10(2)19-9)14(17)12-6-11(18-3)4-5-13(12)15/h4-6,9-10H,7-8H2,1-3H3/t9-,10-/m1/s1. The number of morpholine rings is 1. The Morgan fingerprint density at radius 3 is 2.58 bits per heavy atom. The van der Waals surface area contributed by atoms with E-state index in [9.17, 15) is 4.79 Å². The number of hydrogen-bond donors (Lipinski definition) is 0. The third-order valence-electron chi connectivity index (χ3n) is 3.11. The van der Waals surface area contributed by atoms with Gasteiger partial charge < -0.3 is 14.4 Å². The van der Waals surface area contributed by atoms with Crippen LogP contribution in [0.2, 0.25) is 0 Å². The number of amides is 1. The third-order valence-corrected chi connectivity index (χ3v) is 3.80. The van der Waals surface area contributed by atoms with Crippen LogP contribution < -0.4 is 4.74 Å². The Kier molecular flexibility index (Phi) is 4.47. The first kappa shape index (κ1) is 14.3. The molecule has 1 aromatic carbocycles. The highest BCUT2D eigenvalue weighted by Crippen LogP contribution is 2.25. The van der Waals surface area contributed by atoms with Crippen LogP contribution >= 0.6 is 15.9 Å². The molecule has 5 heteroatoms. The second-order valence-electron chi connectivity index (χ2n) is 4.81. The average Bonchev–Trinajstić information content (AvgIpc) is 2.37. The van der Waals surface area contributed by atoms with Crippen LogP contribution in [0, 0.1) is 0 Å². The fourth-order valence-electron chi connectivity index (χ4n) is 2.31. The first-order valence-electron chi connectivity index (χ1n) is 6.29. The molecule has 0 bridgehead atoms. The lowest BCUT2D eigenvalue weighted by Crippen LogP contribution is -2.48. The summed E-state index contributed by atoms with van der Waals surface area (Å²) in [5, 5.41) is 0. The van der Waals surface area contributed by atoms with Gasteiger partial charge in [-0.2, -0.15) is 0 Å². The van der Waals surface area contributed by atoms with Crippen molar-refractivity contribution in [1.82, 2.24) is 4.90 Å². The number of hydrogen-bond acceptors (Lipinski definition) is 3. The maximum absolute atomic E-state index is 12.6. The molecule has 2 atom stereocenters. The zero-order valence-corrected chi connectivity index (χ0v) is 12.9. The number of benzene rings is 1. The molecule has 0 unspecified atom stereocenters. The minimum atomic E-state index is 0.00720. The van der Waals surface area contributed by atoms with Crippen LogP contribution in [0.3, 0.4) is 0 Å². The molecule has 0 aromatic heterocycles. The minimum Gasteiger partial charge on any atom is -0.497 e. The number of halogens is 1. The van der Waals surface area contributed by atoms with Crippen molar-refractivity contribution < 1.29 is 14.3 Å². The van der Waals surface area contributed by atoms with Crippen LogP contribution in [0.15, 0.2) is 22.7 Å². The summed E-state index contributed by atoms with van der Waals surface area (Å²) in [6.07, 6.45) is 0.133. The lowest BCUT2D eigenvalue weighted by molar-refractivity contribution is -0.0586. The van der Waals surface area contributed by atoms with Crippen LogP contribution in [-0.4, -0.2) is 43.2 Å². The number of ether oxygens (including phenoxy) is 2. The lowest BCUT2D eigenvalue weighted by Gasteiger charge is -2.35. The van der Waals surface area contributed by atoms with Crippen LogP contribution in [0.25, 0.3) is 0 Å². The predicted molar refractivity (Wildman–Crippen MR) is 76.6 cm³/mol. The number of carbonyl (C=O) groups is 1. The van der Waals surface area contributed by atoms with Gasteiger partial charge in [0.25, 0.3) is 5.91 Å². The summed E-state index contributed by atoms with van der Waals surface area (Å²) in [6.45, 7) is 5.20. The second kappa shape index (κ2) is 5.92. The van der Waals surface area contributed by atoms with Crippen molar-refractivity contribution in [3.8, 4) is 5.75 Å². The molecule has 1 aromatic rings. The Labute approximate surface area is 121 Å². The maximum atomic E-state index is 12.6. The van der Waals surface area contributed by atoms with Crippen molar-refractivity contribution in [2.45, 2.75) is 26.1 Å². The molecule has 1 saturated heterocycles. The van der Waals surface area contributed by atoms with E-state index in [-0.39, 0.29) is 18.1 Å². The molecule has 0 radical (unpaired) electrons. The van der Waals surface area contributed by atoms with Crippen LogP contribution in [0.1, 0.15) is 24.2 Å². The molecule has 2 rings (SSSR count). The van der Waals surface area contributed by atoms with Crippen molar-refractivity contribution in [2.24, 2.45) is 0 Å². The second-order valence-corrected chi connectivity index (χ2v) is 5.67. The Bertz CT molecular complexity index is 468. The van der Waals surface area contributed by atoms with Crippen molar-refractivity contribution in [3.05, 3.63) is 28.2 Å². The van der Waals surface area contributed by atoms with Crippen molar-refractivity contribution in [2.75, 3.05) is 20.2 Å². The van der Waals surface area contributed by atoms with Crippen molar-refractivity contribution in [3.63, 3.8) is 0 Å². The van der Waals surface area contributed by atoms with Gasteiger partial charge in [-0.15, -0.1) is 0 Å². The van der Waals surface area contributed by atoms with Crippen LogP contribution in [0.5, 0.6) is 5.75 Å². The number of rotatable bonds is 2. The largest absolute Gasteiger partial charge is 0.497 e. The molecule has 4 nitrogen and oxygen atoms in total. The quantitative estimate of drug-likeness (QED) is 0.838. The van der Waals surface area contributed by atoms with E-state index in [4.69, 9.17) is 9.47 Å². The molecule has 0 aliphatic carbocycles. The predicted octanol–water partition coefficient (Wildman–Crippen LogP) is 2.71. The summed E-state index contributed by atoms with van der Waals surface area (Å²) in [4.78, 5) is 14.4. The topological polar surface area (TPSA) is 38.8 Å². The van der Waals surface area contributed by atoms with Gasteiger partial charge in [0.05, 0.1) is 24.9 Å². The summed E-state index contributed by atoms with van der Waals surface area (Å²) in [6, 6.07) is 5.42. The van der Waals surface area contributed by atoms with E-state index in [0.717, 1.165) is 4.47 Å². The van der Waals surface area contributed by atoms with Gasteiger partial charge in [-0.3, -0.25) is 4.79 Å². The molecule has 1 fully saturated rings. The molecule has 0 spiro atoms. The van der Waals surface area contributed by atoms with Gasteiger partial charge in [-0.1, -0.05) is 0 Å². The highest BCUT2D eigenvalue weighted by molar-refractivity contribution is 9.10. The van der Waals surface area contributed by atoms with E-state index in [0.29, 0.717) is 24.4 Å². The Hall–Kier alpha value is -1.07. The maximum Gasteiger partial charge on any atom is 0.255 e. The zero-order chi connectivity index (χ0) is 14.0. The van der Waals surface area contributed by atoms with E-state index in [2.05, 4.69) is 15.9 Å². The molecule has 104 valence electrons. The molecule has 1 aliphatic rings. The number of methoxy groups -OCH3 is 1. The minimum absolute atomic E-state index is 0.00720. The van der Waals surface area contributed by atoms with Gasteiger partial charge in [-0.25, -0.2) is 0 Å². The first-order chi connectivity index (χ1) is 9.01. The Morgan fingerprint density at radius 2 is 2.00 bits per heavy atom. The van der Waals surface area contributed by atoms with E-state index >= 15 is 0 Å². The van der Waals surface area contributed by atoms with E-state index in [1.165, 1.54) is 0 Å². The van der Waals surface area contributed by atoms with Gasteiger partial charge >= 0.3 is 0 Å². The highest BCUT2D eigenvalue weighted by Gasteiger charge is 2.27. The zero-order valence-electron chi connectivity index (χ0n) is 11.4. The van der Waals surface area contributed by atoms with Crippen molar-refractivity contribution >= 4 is 21.8 Å². The van der Waals surface area contributed by atoms with E-state index in [1.807, 2.05) is 30.9 Å². The van der Waals surface area contributed by atoms with Gasteiger partial charge in [0.1, 0.15) is 5.75 Å². The van der Waals surface area contributed by atoms with Gasteiger partial charge in [0, 0.05) is 17.6 Å². The Balaban J connectivity index is 2.23. The summed E-state index contributed by atoms with van der Waals surface area (Å²) in [5.41, 5.74) is 0.626. The molecule has 19 heavy (non-hydrogen) atoms. The fourth-order valence-corrected chi connectivity index (χ4v) is 2.73. The lowest BCUT2D eigenvalue weighted by atomic mass is 10.1. The first-order valence-corrected chi connectivity index (χ1v) is 7.09. The molecule has 1 heterocycles. The number of carbonyl (C=O) groups excluding carboxylic acids is 1. The fraction of sp³-hybridized carbons (Fsp3) is 0.500. The highest BCUT2D eigenvalue weighted by atomic mass is 79.9. The smallest absolute Gasteiger partial charge is 0.255 e. The van der Waals surface area contributed by atoms with Crippen LogP contribution in [-0.2, 0) is 4.74 Å². The van der Waals surface area contributed by atoms with E-state index in [1.54, 1.807) is 13.2 Å². The van der Waals surface area contributed by atoms with Gasteiger partial charge in [-0.05, 0) is 48.0 Å². The Morgan fingerprint density at radius 1 is 1.37 bits per heavy atom. The summed E-state index contributed by atoms with van der Waals surface area (Å²) >= 11 is 3.42. The monoisotopic (exact) mass is 327 g/mol. The third kappa shape index (κ3) is 3.28. The van der Waals surface area contributed by atoms with Crippen molar-refractivity contribution in [1.29, 1.82) is 0 Å². The molecular formula is C14H18BrNO3. The molecule has 0 N–H and O–H groups in total. The van der Waals surface area contributed by atoms with Gasteiger partial charge in [0.2, 0.25) is 0 Å². The molecule has 0 saturated carbocycles. The summed E-state index contributed by atoms with van der Waals surface area (Å²) in [5.74, 6) is 0.689. The normalized spacial score (nSPS) is 23.3. The SMILES string of the molecule is COc1ccc(Br)c(C(=O)N2C[C@@H](C)O[C@H](C)C2)c1. The summed E-state index contributed by atoms with van der Waals surface area (Å²) in [7, 11) is 1.59. The number of nitrogens with zero attached hydrogens (tertiary/aromatic N) is 1. The molecular weight excluding hydrogens is 310 g/mol. The average molecular weight is 328 g/mol. The van der Waals surface area contributed by atoms with E-state index < -0.39 is 0 Å². The molecule has 1 amide bonds. The summed E-state index contributed by atoms with van der Waals surface area (Å²) < 4.78 is 11.6.